The highest BCUT2D eigenvalue weighted by Gasteiger charge is 2.63. The molecule has 1 fully saturated rings. The summed E-state index contributed by atoms with van der Waals surface area (Å²) in [7, 11) is -10.3. The summed E-state index contributed by atoms with van der Waals surface area (Å²) in [6.07, 6.45) is 7.20. The van der Waals surface area contributed by atoms with E-state index in [4.69, 9.17) is 9.47 Å². The molecule has 11 nitrogen and oxygen atoms in total. The van der Waals surface area contributed by atoms with E-state index < -0.39 is 52.0 Å². The summed E-state index contributed by atoms with van der Waals surface area (Å²) < 4.78 is 70.4. The van der Waals surface area contributed by atoms with E-state index in [9.17, 15) is 27.0 Å². The van der Waals surface area contributed by atoms with Crippen LogP contribution in [0.5, 0.6) is 0 Å². The van der Waals surface area contributed by atoms with Crippen molar-refractivity contribution in [2.75, 3.05) is 33.0 Å². The molecule has 1 heterocycles. The molecule has 0 spiro atoms. The van der Waals surface area contributed by atoms with Gasteiger partial charge in [0.2, 0.25) is 0 Å². The normalized spacial score (nSPS) is 20.3. The molecular formula is C17H34O11S2. The van der Waals surface area contributed by atoms with Crippen molar-refractivity contribution in [1.82, 2.24) is 0 Å². The Labute approximate surface area is 179 Å². The second-order valence-electron chi connectivity index (χ2n) is 7.30. The molecule has 1 aliphatic heterocycles. The summed E-state index contributed by atoms with van der Waals surface area (Å²) >= 11 is 0. The van der Waals surface area contributed by atoms with Crippen LogP contribution in [0.1, 0.15) is 65.2 Å². The van der Waals surface area contributed by atoms with Crippen LogP contribution in [-0.2, 0) is 42.3 Å². The first-order valence-electron chi connectivity index (χ1n) is 10.2. The Morgan fingerprint density at radius 2 is 1.23 bits per heavy atom. The third-order valence-corrected chi connectivity index (χ3v) is 6.80. The minimum atomic E-state index is -5.16. The predicted octanol–water partition coefficient (Wildman–Crippen LogP) is 1.36. The van der Waals surface area contributed by atoms with Crippen molar-refractivity contribution in [3.8, 4) is 0 Å². The van der Waals surface area contributed by atoms with Crippen LogP contribution in [0.4, 0.5) is 0 Å². The zero-order valence-corrected chi connectivity index (χ0v) is 19.2. The number of aliphatic hydroxyl groups excluding tert-OH is 1. The van der Waals surface area contributed by atoms with E-state index in [1.54, 1.807) is 0 Å². The highest BCUT2D eigenvalue weighted by Crippen LogP contribution is 2.41. The molecule has 30 heavy (non-hydrogen) atoms. The number of unbranched alkanes of at least 4 members (excludes halogenated alkanes) is 6. The maximum Gasteiger partial charge on any atom is 0.420 e. The SMILES string of the molecule is CCCCCCOCC(CO)(COCCCCCC)C1(O)OS(=O)(=O)OS(=O)(=O)O1. The lowest BCUT2D eigenvalue weighted by atomic mass is 9.87. The maximum absolute atomic E-state index is 11.7. The number of ether oxygens (including phenoxy) is 2. The van der Waals surface area contributed by atoms with Gasteiger partial charge in [0.25, 0.3) is 0 Å². The number of rotatable bonds is 16. The lowest BCUT2D eigenvalue weighted by Gasteiger charge is -2.43. The van der Waals surface area contributed by atoms with Crippen molar-refractivity contribution in [3.05, 3.63) is 0 Å². The van der Waals surface area contributed by atoms with Gasteiger partial charge in [0, 0.05) is 13.2 Å². The van der Waals surface area contributed by atoms with E-state index in [0.717, 1.165) is 38.5 Å². The molecule has 0 bridgehead atoms. The van der Waals surface area contributed by atoms with Crippen LogP contribution >= 0.6 is 0 Å². The Balaban J connectivity index is 2.95. The molecule has 1 aliphatic rings. The van der Waals surface area contributed by atoms with E-state index in [-0.39, 0.29) is 13.2 Å². The smallest absolute Gasteiger partial charge is 0.395 e. The molecule has 1 rings (SSSR count). The second-order valence-corrected chi connectivity index (χ2v) is 9.81. The number of hydrogen-bond donors (Lipinski definition) is 2. The highest BCUT2D eigenvalue weighted by molar-refractivity contribution is 7.95. The van der Waals surface area contributed by atoms with Gasteiger partial charge in [-0.15, -0.1) is 3.63 Å². The summed E-state index contributed by atoms with van der Waals surface area (Å²) in [5.74, 6) is -3.30. The van der Waals surface area contributed by atoms with Crippen LogP contribution in [0.25, 0.3) is 0 Å². The van der Waals surface area contributed by atoms with Gasteiger partial charge in [-0.1, -0.05) is 52.4 Å². The molecule has 180 valence electrons. The first kappa shape index (κ1) is 27.7. The largest absolute Gasteiger partial charge is 0.420 e. The van der Waals surface area contributed by atoms with Gasteiger partial charge < -0.3 is 19.7 Å². The zero-order chi connectivity index (χ0) is 22.7. The van der Waals surface area contributed by atoms with Crippen molar-refractivity contribution in [2.45, 2.75) is 71.2 Å². The fourth-order valence-corrected chi connectivity index (χ4v) is 4.87. The first-order chi connectivity index (χ1) is 14.1. The molecule has 0 aromatic heterocycles. The van der Waals surface area contributed by atoms with Crippen LogP contribution in [0.15, 0.2) is 0 Å². The van der Waals surface area contributed by atoms with Crippen molar-refractivity contribution < 1.29 is 48.5 Å². The summed E-state index contributed by atoms with van der Waals surface area (Å²) in [6, 6.07) is 0. The Bertz CT molecular complexity index is 640. The van der Waals surface area contributed by atoms with Gasteiger partial charge in [-0.2, -0.15) is 25.2 Å². The third kappa shape index (κ3) is 8.63. The molecule has 2 N–H and O–H groups in total. The molecule has 0 atom stereocenters. The van der Waals surface area contributed by atoms with Crippen LogP contribution in [0.2, 0.25) is 0 Å². The second kappa shape index (κ2) is 12.6. The average molecular weight is 479 g/mol. The molecular weight excluding hydrogens is 444 g/mol. The lowest BCUT2D eigenvalue weighted by Crippen LogP contribution is -2.63. The summed E-state index contributed by atoms with van der Waals surface area (Å²) in [5.41, 5.74) is -2.06. The first-order valence-corrected chi connectivity index (χ1v) is 12.8. The quantitative estimate of drug-likeness (QED) is 0.309. The fraction of sp³-hybridized carbons (Fsp3) is 1.00. The Morgan fingerprint density at radius 1 is 0.800 bits per heavy atom. The van der Waals surface area contributed by atoms with Gasteiger partial charge >= 0.3 is 26.8 Å². The molecule has 0 saturated carbocycles. The fourth-order valence-electron chi connectivity index (χ4n) is 2.81. The summed E-state index contributed by atoms with van der Waals surface area (Å²) in [6.45, 7) is 2.67. The summed E-state index contributed by atoms with van der Waals surface area (Å²) in [5, 5.41) is 20.7. The number of aliphatic hydroxyl groups is 2. The topological polar surface area (TPSA) is 155 Å². The van der Waals surface area contributed by atoms with Gasteiger partial charge in [0.15, 0.2) is 0 Å². The van der Waals surface area contributed by atoms with Crippen molar-refractivity contribution in [3.63, 3.8) is 0 Å². The molecule has 0 aliphatic carbocycles. The van der Waals surface area contributed by atoms with Gasteiger partial charge in [-0.3, -0.25) is 0 Å². The van der Waals surface area contributed by atoms with Crippen LogP contribution in [0, 0.1) is 5.41 Å². The Kier molecular flexibility index (Phi) is 11.6. The third-order valence-electron chi connectivity index (χ3n) is 4.61. The van der Waals surface area contributed by atoms with E-state index >= 15 is 0 Å². The predicted molar refractivity (Wildman–Crippen MR) is 105 cm³/mol. The van der Waals surface area contributed by atoms with Crippen LogP contribution in [-0.4, -0.2) is 66.1 Å². The minimum absolute atomic E-state index is 0.240. The molecule has 0 aromatic rings. The van der Waals surface area contributed by atoms with E-state index in [2.05, 4.69) is 12.0 Å². The van der Waals surface area contributed by atoms with Gasteiger partial charge in [0.1, 0.15) is 5.41 Å². The molecule has 13 heteroatoms. The zero-order valence-electron chi connectivity index (χ0n) is 17.6. The highest BCUT2D eigenvalue weighted by atomic mass is 32.3. The lowest BCUT2D eigenvalue weighted by molar-refractivity contribution is -0.366. The van der Waals surface area contributed by atoms with E-state index in [0.29, 0.717) is 12.8 Å². The number of hydrogen-bond acceptors (Lipinski definition) is 11. The summed E-state index contributed by atoms with van der Waals surface area (Å²) in [4.78, 5) is 0. The molecule has 0 amide bonds. The Morgan fingerprint density at radius 3 is 1.60 bits per heavy atom. The van der Waals surface area contributed by atoms with Crippen molar-refractivity contribution in [2.24, 2.45) is 5.41 Å². The standard InChI is InChI=1S/C17H34O11S2/c1-3-5-7-9-11-24-14-16(13-18,15-25-12-10-8-6-4-2)17(19)26-29(20,21)28-30(22,23)27-17/h18-19H,3-15H2,1-2H3. The molecule has 0 aromatic carbocycles. The van der Waals surface area contributed by atoms with Crippen molar-refractivity contribution in [1.29, 1.82) is 0 Å². The van der Waals surface area contributed by atoms with E-state index in [1.165, 1.54) is 0 Å². The van der Waals surface area contributed by atoms with Crippen LogP contribution < -0.4 is 0 Å². The maximum atomic E-state index is 11.7. The average Bonchev–Trinajstić information content (AvgIpc) is 2.62. The Hall–Kier alpha value is -0.380. The van der Waals surface area contributed by atoms with Gasteiger partial charge in [0.05, 0.1) is 19.8 Å². The van der Waals surface area contributed by atoms with Gasteiger partial charge in [-0.25, -0.2) is 0 Å². The van der Waals surface area contributed by atoms with Gasteiger partial charge in [-0.05, 0) is 12.8 Å². The van der Waals surface area contributed by atoms with Crippen LogP contribution in [0.3, 0.4) is 0 Å². The van der Waals surface area contributed by atoms with Crippen molar-refractivity contribution >= 4 is 20.8 Å². The molecule has 0 unspecified atom stereocenters. The monoisotopic (exact) mass is 478 g/mol. The molecule has 1 saturated heterocycles. The minimum Gasteiger partial charge on any atom is -0.395 e. The van der Waals surface area contributed by atoms with E-state index in [1.807, 2.05) is 13.8 Å². The molecule has 0 radical (unpaired) electrons.